The average Bonchev–Trinajstić information content (AvgIpc) is 3.13. The van der Waals surface area contributed by atoms with E-state index in [1.807, 2.05) is 18.2 Å². The maximum Gasteiger partial charge on any atom is 0.161 e. The third-order valence-electron chi connectivity index (χ3n) is 5.19. The number of methoxy groups -OCH3 is 2. The zero-order chi connectivity index (χ0) is 20.5. The van der Waals surface area contributed by atoms with Crippen LogP contribution in [0.15, 0.2) is 30.3 Å². The van der Waals surface area contributed by atoms with Crippen molar-refractivity contribution in [2.45, 2.75) is 19.5 Å². The summed E-state index contributed by atoms with van der Waals surface area (Å²) in [6, 6.07) is 8.69. The number of hydrogen-bond acceptors (Lipinski definition) is 6. The largest absolute Gasteiger partial charge is 0.507 e. The van der Waals surface area contributed by atoms with E-state index in [0.29, 0.717) is 29.3 Å². The van der Waals surface area contributed by atoms with Gasteiger partial charge in [0, 0.05) is 48.9 Å². The number of benzene rings is 2. The van der Waals surface area contributed by atoms with Crippen LogP contribution in [0, 0.1) is 0 Å². The van der Waals surface area contributed by atoms with Crippen molar-refractivity contribution in [3.63, 3.8) is 0 Å². The summed E-state index contributed by atoms with van der Waals surface area (Å²) in [6.07, 6.45) is 0.822. The fourth-order valence-electron chi connectivity index (χ4n) is 3.69. The van der Waals surface area contributed by atoms with Gasteiger partial charge in [-0.15, -0.1) is 0 Å². The number of phenols is 2. The van der Waals surface area contributed by atoms with Gasteiger partial charge in [0.15, 0.2) is 11.5 Å². The zero-order valence-electron chi connectivity index (χ0n) is 16.2. The highest BCUT2D eigenvalue weighted by atomic mass is 35.5. The van der Waals surface area contributed by atoms with Gasteiger partial charge >= 0.3 is 0 Å². The Hall–Kier alpha value is -2.90. The number of ether oxygens (including phenoxy) is 2. The SMILES string of the molecule is COc1ccc(CN2CCc3[nH]nc(-c4cc(Cl)c(O)cc4O)c3C2)cc1OC. The van der Waals surface area contributed by atoms with Gasteiger partial charge in [-0.05, 0) is 23.8 Å². The number of phenolic OH excluding ortho intramolecular Hbond substituents is 2. The van der Waals surface area contributed by atoms with Crippen molar-refractivity contribution in [1.29, 1.82) is 0 Å². The van der Waals surface area contributed by atoms with E-state index in [1.54, 1.807) is 14.2 Å². The van der Waals surface area contributed by atoms with Crippen LogP contribution < -0.4 is 9.47 Å². The Morgan fingerprint density at radius 1 is 1.10 bits per heavy atom. The molecule has 29 heavy (non-hydrogen) atoms. The van der Waals surface area contributed by atoms with E-state index in [1.165, 1.54) is 12.1 Å². The molecule has 0 bridgehead atoms. The van der Waals surface area contributed by atoms with Gasteiger partial charge in [0.2, 0.25) is 0 Å². The third kappa shape index (κ3) is 3.71. The summed E-state index contributed by atoms with van der Waals surface area (Å²) in [4.78, 5) is 2.31. The molecule has 3 aromatic rings. The lowest BCUT2D eigenvalue weighted by atomic mass is 9.99. The van der Waals surface area contributed by atoms with Crippen molar-refractivity contribution in [3.8, 4) is 34.3 Å². The number of halogens is 1. The van der Waals surface area contributed by atoms with E-state index < -0.39 is 0 Å². The Morgan fingerprint density at radius 3 is 2.66 bits per heavy atom. The zero-order valence-corrected chi connectivity index (χ0v) is 17.0. The summed E-state index contributed by atoms with van der Waals surface area (Å²) in [7, 11) is 3.25. The molecule has 0 unspecified atom stereocenters. The molecule has 3 N–H and O–H groups in total. The minimum absolute atomic E-state index is 0.0572. The number of nitrogens with one attached hydrogen (secondary N) is 1. The predicted octanol–water partition coefficient (Wildman–Crippen LogP) is 3.72. The molecule has 2 heterocycles. The van der Waals surface area contributed by atoms with Gasteiger partial charge in [0.1, 0.15) is 17.2 Å². The normalized spacial score (nSPS) is 13.9. The van der Waals surface area contributed by atoms with E-state index in [0.717, 1.165) is 36.3 Å². The van der Waals surface area contributed by atoms with Gasteiger partial charge in [-0.2, -0.15) is 5.10 Å². The lowest BCUT2D eigenvalue weighted by molar-refractivity contribution is 0.244. The molecule has 0 saturated heterocycles. The molecule has 0 atom stereocenters. The van der Waals surface area contributed by atoms with Crippen LogP contribution in [-0.4, -0.2) is 46.1 Å². The minimum Gasteiger partial charge on any atom is -0.507 e. The van der Waals surface area contributed by atoms with Crippen molar-refractivity contribution >= 4 is 11.6 Å². The highest BCUT2D eigenvalue weighted by molar-refractivity contribution is 6.32. The molecule has 4 rings (SSSR count). The number of aromatic amines is 1. The molecule has 152 valence electrons. The standard InChI is InChI=1S/C21H22ClN3O4/c1-28-19-4-3-12(7-20(19)29-2)10-25-6-5-16-14(11-25)21(24-23-16)13-8-15(22)18(27)9-17(13)26/h3-4,7-9,26-27H,5-6,10-11H2,1-2H3,(H,23,24). The first-order valence-corrected chi connectivity index (χ1v) is 9.59. The third-order valence-corrected chi connectivity index (χ3v) is 5.49. The molecule has 1 aliphatic heterocycles. The first-order valence-electron chi connectivity index (χ1n) is 9.21. The molecule has 0 radical (unpaired) electrons. The lowest BCUT2D eigenvalue weighted by Crippen LogP contribution is -2.30. The molecule has 8 heteroatoms. The van der Waals surface area contributed by atoms with Crippen molar-refractivity contribution in [2.24, 2.45) is 0 Å². The molecular weight excluding hydrogens is 394 g/mol. The van der Waals surface area contributed by atoms with Crippen LogP contribution in [0.2, 0.25) is 5.02 Å². The summed E-state index contributed by atoms with van der Waals surface area (Å²) in [5.74, 6) is 1.19. The van der Waals surface area contributed by atoms with Crippen molar-refractivity contribution in [3.05, 3.63) is 52.2 Å². The number of rotatable bonds is 5. The number of aromatic hydroxyl groups is 2. The number of nitrogens with zero attached hydrogens (tertiary/aromatic N) is 2. The van der Waals surface area contributed by atoms with Crippen LogP contribution in [0.5, 0.6) is 23.0 Å². The van der Waals surface area contributed by atoms with Crippen LogP contribution >= 0.6 is 11.6 Å². The van der Waals surface area contributed by atoms with Crippen molar-refractivity contribution in [2.75, 3.05) is 20.8 Å². The summed E-state index contributed by atoms with van der Waals surface area (Å²) < 4.78 is 10.7. The van der Waals surface area contributed by atoms with Gasteiger partial charge in [0.25, 0.3) is 0 Å². The number of aromatic nitrogens is 2. The van der Waals surface area contributed by atoms with Gasteiger partial charge in [-0.3, -0.25) is 10.00 Å². The molecule has 2 aromatic carbocycles. The van der Waals surface area contributed by atoms with Crippen molar-refractivity contribution < 1.29 is 19.7 Å². The first-order chi connectivity index (χ1) is 14.0. The average molecular weight is 416 g/mol. The Kier molecular flexibility index (Phi) is 5.25. The smallest absolute Gasteiger partial charge is 0.161 e. The molecule has 0 fully saturated rings. The van der Waals surface area contributed by atoms with Crippen molar-refractivity contribution in [1.82, 2.24) is 15.1 Å². The number of H-pyrrole nitrogens is 1. The summed E-state index contributed by atoms with van der Waals surface area (Å²) >= 11 is 6.04. The van der Waals surface area contributed by atoms with E-state index in [9.17, 15) is 10.2 Å². The molecule has 0 saturated carbocycles. The number of hydrogen-bond donors (Lipinski definition) is 3. The van der Waals surface area contributed by atoms with Crippen LogP contribution in [0.25, 0.3) is 11.3 Å². The maximum absolute atomic E-state index is 10.3. The van der Waals surface area contributed by atoms with Gasteiger partial charge in [0.05, 0.1) is 19.2 Å². The Balaban J connectivity index is 1.59. The van der Waals surface area contributed by atoms with E-state index in [-0.39, 0.29) is 16.5 Å². The van der Waals surface area contributed by atoms with E-state index >= 15 is 0 Å². The second kappa shape index (κ2) is 7.85. The fraction of sp³-hybridized carbons (Fsp3) is 0.286. The molecule has 1 aliphatic rings. The minimum atomic E-state index is -0.160. The molecular formula is C21H22ClN3O4. The van der Waals surface area contributed by atoms with E-state index in [4.69, 9.17) is 21.1 Å². The fourth-order valence-corrected chi connectivity index (χ4v) is 3.85. The Bertz CT molecular complexity index is 1050. The van der Waals surface area contributed by atoms with Gasteiger partial charge in [-0.25, -0.2) is 0 Å². The Labute approximate surface area is 173 Å². The van der Waals surface area contributed by atoms with Gasteiger partial charge < -0.3 is 19.7 Å². The molecule has 0 spiro atoms. The molecule has 1 aromatic heterocycles. The second-order valence-corrected chi connectivity index (χ2v) is 7.41. The quantitative estimate of drug-likeness (QED) is 0.588. The summed E-state index contributed by atoms with van der Waals surface area (Å²) in [6.45, 7) is 2.30. The molecule has 0 amide bonds. The summed E-state index contributed by atoms with van der Waals surface area (Å²) in [5, 5.41) is 27.6. The Morgan fingerprint density at radius 2 is 1.90 bits per heavy atom. The highest BCUT2D eigenvalue weighted by Gasteiger charge is 2.25. The van der Waals surface area contributed by atoms with E-state index in [2.05, 4.69) is 15.1 Å². The molecule has 7 nitrogen and oxygen atoms in total. The highest BCUT2D eigenvalue weighted by Crippen LogP contribution is 2.39. The predicted molar refractivity (Wildman–Crippen MR) is 110 cm³/mol. The van der Waals surface area contributed by atoms with Crippen LogP contribution in [0.4, 0.5) is 0 Å². The monoisotopic (exact) mass is 415 g/mol. The van der Waals surface area contributed by atoms with Crippen LogP contribution in [0.1, 0.15) is 16.8 Å². The summed E-state index contributed by atoms with van der Waals surface area (Å²) in [5.41, 5.74) is 4.34. The van der Waals surface area contributed by atoms with Crippen LogP contribution in [0.3, 0.4) is 0 Å². The lowest BCUT2D eigenvalue weighted by Gasteiger charge is -2.27. The second-order valence-electron chi connectivity index (χ2n) is 7.00. The van der Waals surface area contributed by atoms with Crippen LogP contribution in [-0.2, 0) is 19.5 Å². The molecule has 0 aliphatic carbocycles. The number of fused-ring (bicyclic) bond motifs is 1. The topological polar surface area (TPSA) is 90.8 Å². The first kappa shape index (κ1) is 19.4. The maximum atomic E-state index is 10.3. The van der Waals surface area contributed by atoms with Gasteiger partial charge in [-0.1, -0.05) is 17.7 Å².